The van der Waals surface area contributed by atoms with E-state index >= 15 is 0 Å². The molecule has 1 rings (SSSR count). The van der Waals surface area contributed by atoms with E-state index in [1.54, 1.807) is 0 Å². The van der Waals surface area contributed by atoms with Gasteiger partial charge in [-0.25, -0.2) is 0 Å². The summed E-state index contributed by atoms with van der Waals surface area (Å²) < 4.78 is 37.8. The van der Waals surface area contributed by atoms with E-state index in [9.17, 15) is 13.2 Å². The van der Waals surface area contributed by atoms with Crippen LogP contribution >= 0.6 is 12.6 Å². The molecule has 1 heterocycles. The smallest absolute Gasteiger partial charge is 0.272 e. The molecule has 0 aliphatic heterocycles. The molecule has 0 atom stereocenters. The molecule has 0 aromatic carbocycles. The van der Waals surface area contributed by atoms with Crippen molar-refractivity contribution in [2.24, 2.45) is 0 Å². The summed E-state index contributed by atoms with van der Waals surface area (Å²) in [5.74, 6) is 0.812. The molecule has 2 nitrogen and oxygen atoms in total. The highest BCUT2D eigenvalue weighted by Gasteiger charge is 2.33. The standard InChI is InChI=1S/C9H13F3N2S/c10-9(11,12)8-4-6-14(13-8)5-2-1-3-7-15/h4,6,15H,1-3,5,7H2. The fourth-order valence-electron chi connectivity index (χ4n) is 1.20. The summed E-state index contributed by atoms with van der Waals surface area (Å²) in [6, 6.07) is 0.999. The number of unbranched alkanes of at least 4 members (excludes halogenated alkanes) is 2. The maximum atomic E-state index is 12.2. The van der Waals surface area contributed by atoms with E-state index in [0.717, 1.165) is 31.1 Å². The van der Waals surface area contributed by atoms with Crippen molar-refractivity contribution in [1.82, 2.24) is 9.78 Å². The van der Waals surface area contributed by atoms with Crippen LogP contribution in [0.2, 0.25) is 0 Å². The summed E-state index contributed by atoms with van der Waals surface area (Å²) in [6.45, 7) is 0.532. The summed E-state index contributed by atoms with van der Waals surface area (Å²) in [6.07, 6.45) is -0.194. The van der Waals surface area contributed by atoms with E-state index in [2.05, 4.69) is 17.7 Å². The zero-order valence-corrected chi connectivity index (χ0v) is 9.06. The highest BCUT2D eigenvalue weighted by molar-refractivity contribution is 7.80. The van der Waals surface area contributed by atoms with Crippen LogP contribution in [0.3, 0.4) is 0 Å². The van der Waals surface area contributed by atoms with Crippen molar-refractivity contribution in [3.05, 3.63) is 18.0 Å². The van der Waals surface area contributed by atoms with Crippen molar-refractivity contribution < 1.29 is 13.2 Å². The van der Waals surface area contributed by atoms with Crippen LogP contribution in [0.1, 0.15) is 25.0 Å². The molecule has 0 N–H and O–H groups in total. The molecule has 0 aliphatic rings. The number of thiol groups is 1. The van der Waals surface area contributed by atoms with E-state index in [4.69, 9.17) is 0 Å². The molecular weight excluding hydrogens is 225 g/mol. The second-order valence-corrected chi connectivity index (χ2v) is 3.69. The Morgan fingerprint density at radius 1 is 1.27 bits per heavy atom. The van der Waals surface area contributed by atoms with Gasteiger partial charge in [0.2, 0.25) is 0 Å². The van der Waals surface area contributed by atoms with Gasteiger partial charge in [0.05, 0.1) is 0 Å². The Morgan fingerprint density at radius 2 is 2.00 bits per heavy atom. The Hall–Kier alpha value is -0.650. The van der Waals surface area contributed by atoms with E-state index in [1.165, 1.54) is 10.9 Å². The summed E-state index contributed by atoms with van der Waals surface area (Å²) in [7, 11) is 0. The molecule has 0 amide bonds. The van der Waals surface area contributed by atoms with Gasteiger partial charge in [-0.15, -0.1) is 0 Å². The predicted octanol–water partition coefficient (Wildman–Crippen LogP) is 3.00. The fraction of sp³-hybridized carbons (Fsp3) is 0.667. The molecule has 15 heavy (non-hydrogen) atoms. The van der Waals surface area contributed by atoms with Crippen LogP contribution < -0.4 is 0 Å². The third-order valence-corrected chi connectivity index (χ3v) is 2.29. The molecule has 0 fully saturated rings. The highest BCUT2D eigenvalue weighted by Crippen LogP contribution is 2.27. The van der Waals surface area contributed by atoms with Gasteiger partial charge in [-0.05, 0) is 24.7 Å². The number of aryl methyl sites for hydroxylation is 1. The number of aromatic nitrogens is 2. The van der Waals surface area contributed by atoms with Gasteiger partial charge in [-0.1, -0.05) is 6.42 Å². The zero-order valence-electron chi connectivity index (χ0n) is 8.17. The second kappa shape index (κ2) is 5.44. The van der Waals surface area contributed by atoms with Gasteiger partial charge in [-0.3, -0.25) is 4.68 Å². The van der Waals surface area contributed by atoms with Crippen LogP contribution in [0.15, 0.2) is 12.3 Å². The monoisotopic (exact) mass is 238 g/mol. The number of hydrogen-bond acceptors (Lipinski definition) is 2. The Bertz CT molecular complexity index is 296. The Kier molecular flexibility index (Phi) is 4.50. The van der Waals surface area contributed by atoms with E-state index in [-0.39, 0.29) is 0 Å². The lowest BCUT2D eigenvalue weighted by Crippen LogP contribution is -2.08. The minimum Gasteiger partial charge on any atom is -0.272 e. The van der Waals surface area contributed by atoms with Crippen molar-refractivity contribution in [2.75, 3.05) is 5.75 Å². The first-order valence-electron chi connectivity index (χ1n) is 4.75. The SMILES string of the molecule is FC(F)(F)c1ccn(CCCCCS)n1. The van der Waals surface area contributed by atoms with Crippen LogP contribution in [0, 0.1) is 0 Å². The first-order chi connectivity index (χ1) is 7.04. The summed E-state index contributed by atoms with van der Waals surface area (Å²) >= 11 is 4.05. The maximum absolute atomic E-state index is 12.2. The molecule has 0 unspecified atom stereocenters. The molecule has 86 valence electrons. The number of rotatable bonds is 5. The highest BCUT2D eigenvalue weighted by atomic mass is 32.1. The van der Waals surface area contributed by atoms with Crippen LogP contribution in [0.25, 0.3) is 0 Å². The van der Waals surface area contributed by atoms with Gasteiger partial charge in [0.25, 0.3) is 0 Å². The maximum Gasteiger partial charge on any atom is 0.435 e. The molecule has 6 heteroatoms. The average Bonchev–Trinajstić information content (AvgIpc) is 2.60. The van der Waals surface area contributed by atoms with Crippen LogP contribution in [-0.4, -0.2) is 15.5 Å². The summed E-state index contributed by atoms with van der Waals surface area (Å²) in [5, 5.41) is 3.45. The van der Waals surface area contributed by atoms with E-state index < -0.39 is 11.9 Å². The van der Waals surface area contributed by atoms with Gasteiger partial charge in [0.1, 0.15) is 0 Å². The molecular formula is C9H13F3N2S. The summed E-state index contributed by atoms with van der Waals surface area (Å²) in [5.41, 5.74) is -0.823. The van der Waals surface area contributed by atoms with E-state index in [1.807, 2.05) is 0 Å². The predicted molar refractivity (Wildman–Crippen MR) is 54.9 cm³/mol. The van der Waals surface area contributed by atoms with Crippen molar-refractivity contribution in [1.29, 1.82) is 0 Å². The zero-order chi connectivity index (χ0) is 11.3. The average molecular weight is 238 g/mol. The van der Waals surface area contributed by atoms with Crippen molar-refractivity contribution in [3.63, 3.8) is 0 Å². The number of nitrogens with zero attached hydrogens (tertiary/aromatic N) is 2. The largest absolute Gasteiger partial charge is 0.435 e. The minimum absolute atomic E-state index is 0.532. The molecule has 1 aromatic rings. The van der Waals surface area contributed by atoms with Crippen molar-refractivity contribution >= 4 is 12.6 Å². The number of alkyl halides is 3. The molecule has 0 spiro atoms. The first-order valence-corrected chi connectivity index (χ1v) is 5.39. The Balaban J connectivity index is 2.40. The Labute approximate surface area is 91.9 Å². The minimum atomic E-state index is -4.34. The topological polar surface area (TPSA) is 17.8 Å². The van der Waals surface area contributed by atoms with Crippen LogP contribution in [0.5, 0.6) is 0 Å². The van der Waals surface area contributed by atoms with Crippen LogP contribution in [-0.2, 0) is 12.7 Å². The fourth-order valence-corrected chi connectivity index (χ4v) is 1.42. The summed E-state index contributed by atoms with van der Waals surface area (Å²) in [4.78, 5) is 0. The lowest BCUT2D eigenvalue weighted by Gasteiger charge is -2.02. The van der Waals surface area contributed by atoms with Crippen LogP contribution in [0.4, 0.5) is 13.2 Å². The van der Waals surface area contributed by atoms with E-state index in [0.29, 0.717) is 6.54 Å². The lowest BCUT2D eigenvalue weighted by molar-refractivity contribution is -0.141. The molecule has 0 aliphatic carbocycles. The van der Waals surface area contributed by atoms with Gasteiger partial charge in [0, 0.05) is 12.7 Å². The third kappa shape index (κ3) is 4.15. The lowest BCUT2D eigenvalue weighted by atomic mass is 10.2. The molecule has 1 aromatic heterocycles. The van der Waals surface area contributed by atoms with Crippen molar-refractivity contribution in [2.45, 2.75) is 32.0 Å². The van der Waals surface area contributed by atoms with Gasteiger partial charge in [0.15, 0.2) is 5.69 Å². The Morgan fingerprint density at radius 3 is 2.53 bits per heavy atom. The molecule has 0 bridgehead atoms. The number of hydrogen-bond donors (Lipinski definition) is 1. The normalized spacial score (nSPS) is 12.0. The van der Waals surface area contributed by atoms with Gasteiger partial charge in [-0.2, -0.15) is 30.9 Å². The van der Waals surface area contributed by atoms with Crippen molar-refractivity contribution in [3.8, 4) is 0 Å². The quantitative estimate of drug-likeness (QED) is 0.616. The molecule has 0 saturated carbocycles. The third-order valence-electron chi connectivity index (χ3n) is 1.98. The van der Waals surface area contributed by atoms with Gasteiger partial charge >= 0.3 is 6.18 Å². The first kappa shape index (κ1) is 12.4. The van der Waals surface area contributed by atoms with Gasteiger partial charge < -0.3 is 0 Å². The second-order valence-electron chi connectivity index (χ2n) is 3.25. The molecule has 0 radical (unpaired) electrons. The molecule has 0 saturated heterocycles. The number of halogens is 3.